The van der Waals surface area contributed by atoms with Crippen molar-refractivity contribution in [2.24, 2.45) is 0 Å². The molecular formula is C16H17ClN2O2. The van der Waals surface area contributed by atoms with E-state index < -0.39 is 0 Å². The molecule has 0 radical (unpaired) electrons. The van der Waals surface area contributed by atoms with E-state index in [4.69, 9.17) is 11.6 Å². The second kappa shape index (κ2) is 6.50. The van der Waals surface area contributed by atoms with Gasteiger partial charge in [-0.05, 0) is 42.5 Å². The predicted octanol–water partition coefficient (Wildman–Crippen LogP) is 3.36. The maximum Gasteiger partial charge on any atom is 0.253 e. The zero-order valence-corrected chi connectivity index (χ0v) is 12.7. The van der Waals surface area contributed by atoms with E-state index in [1.165, 1.54) is 4.90 Å². The Morgan fingerprint density at radius 2 is 1.86 bits per heavy atom. The number of nitrogens with one attached hydrogen (secondary N) is 1. The van der Waals surface area contributed by atoms with Crippen molar-refractivity contribution in [2.45, 2.75) is 6.54 Å². The van der Waals surface area contributed by atoms with Gasteiger partial charge in [0.05, 0.1) is 0 Å². The van der Waals surface area contributed by atoms with Crippen LogP contribution in [0, 0.1) is 0 Å². The van der Waals surface area contributed by atoms with E-state index >= 15 is 0 Å². The summed E-state index contributed by atoms with van der Waals surface area (Å²) in [6.45, 7) is 0.452. The summed E-state index contributed by atoms with van der Waals surface area (Å²) in [5.41, 5.74) is 2.22. The molecule has 0 aromatic heterocycles. The third-order valence-corrected chi connectivity index (χ3v) is 3.30. The SMILES string of the molecule is CN(C)C(=O)c1ccc(NCc2cc(Cl)ccc2O)cc1. The van der Waals surface area contributed by atoms with Gasteiger partial charge in [-0.2, -0.15) is 0 Å². The van der Waals surface area contributed by atoms with Crippen LogP contribution in [0.2, 0.25) is 5.02 Å². The first kappa shape index (κ1) is 15.2. The highest BCUT2D eigenvalue weighted by molar-refractivity contribution is 6.30. The van der Waals surface area contributed by atoms with Crippen molar-refractivity contribution in [3.8, 4) is 5.75 Å². The molecule has 2 N–H and O–H groups in total. The Morgan fingerprint density at radius 3 is 2.48 bits per heavy atom. The van der Waals surface area contributed by atoms with Gasteiger partial charge in [-0.1, -0.05) is 11.6 Å². The minimum Gasteiger partial charge on any atom is -0.508 e. The first-order valence-electron chi connectivity index (χ1n) is 6.50. The third kappa shape index (κ3) is 3.89. The van der Waals surface area contributed by atoms with Crippen LogP contribution in [0.5, 0.6) is 5.75 Å². The molecule has 0 saturated carbocycles. The van der Waals surface area contributed by atoms with Crippen molar-refractivity contribution in [3.63, 3.8) is 0 Å². The number of carbonyl (C=O) groups is 1. The lowest BCUT2D eigenvalue weighted by Gasteiger charge is -2.12. The lowest BCUT2D eigenvalue weighted by atomic mass is 10.1. The third-order valence-electron chi connectivity index (χ3n) is 3.06. The van der Waals surface area contributed by atoms with E-state index in [9.17, 15) is 9.90 Å². The number of phenols is 1. The van der Waals surface area contributed by atoms with Crippen molar-refractivity contribution in [2.75, 3.05) is 19.4 Å². The number of anilines is 1. The van der Waals surface area contributed by atoms with Gasteiger partial charge in [-0.3, -0.25) is 4.79 Å². The molecule has 1 amide bonds. The summed E-state index contributed by atoms with van der Waals surface area (Å²) in [5, 5.41) is 13.5. The Balaban J connectivity index is 2.04. The number of carbonyl (C=O) groups excluding carboxylic acids is 1. The van der Waals surface area contributed by atoms with Crippen molar-refractivity contribution >= 4 is 23.2 Å². The molecule has 0 atom stereocenters. The maximum absolute atomic E-state index is 11.8. The van der Waals surface area contributed by atoms with Gasteiger partial charge >= 0.3 is 0 Å². The molecule has 0 aliphatic rings. The molecule has 0 aliphatic carbocycles. The van der Waals surface area contributed by atoms with Crippen molar-refractivity contribution in [3.05, 3.63) is 58.6 Å². The number of halogens is 1. The van der Waals surface area contributed by atoms with Gasteiger partial charge in [-0.15, -0.1) is 0 Å². The van der Waals surface area contributed by atoms with Crippen LogP contribution in [0.25, 0.3) is 0 Å². The summed E-state index contributed by atoms with van der Waals surface area (Å²) in [6, 6.07) is 12.1. The smallest absolute Gasteiger partial charge is 0.253 e. The van der Waals surface area contributed by atoms with Crippen LogP contribution in [-0.2, 0) is 6.54 Å². The molecule has 0 bridgehead atoms. The molecule has 2 rings (SSSR count). The van der Waals surface area contributed by atoms with Crippen LogP contribution < -0.4 is 5.32 Å². The Kier molecular flexibility index (Phi) is 4.70. The number of hydrogen-bond donors (Lipinski definition) is 2. The number of amides is 1. The lowest BCUT2D eigenvalue weighted by Crippen LogP contribution is -2.21. The Hall–Kier alpha value is -2.20. The standard InChI is InChI=1S/C16H17ClN2O2/c1-19(2)16(21)11-3-6-14(7-4-11)18-10-12-9-13(17)5-8-15(12)20/h3-9,18,20H,10H2,1-2H3. The van der Waals surface area contributed by atoms with Crippen molar-refractivity contribution in [1.82, 2.24) is 4.90 Å². The van der Waals surface area contributed by atoms with Crippen LogP contribution in [0.1, 0.15) is 15.9 Å². The Morgan fingerprint density at radius 1 is 1.19 bits per heavy atom. The molecular weight excluding hydrogens is 288 g/mol. The molecule has 4 nitrogen and oxygen atoms in total. The fraction of sp³-hybridized carbons (Fsp3) is 0.188. The van der Waals surface area contributed by atoms with Gasteiger partial charge in [0.2, 0.25) is 0 Å². The summed E-state index contributed by atoms with van der Waals surface area (Å²) >= 11 is 5.90. The quantitative estimate of drug-likeness (QED) is 0.910. The van der Waals surface area contributed by atoms with E-state index in [1.807, 2.05) is 12.1 Å². The zero-order chi connectivity index (χ0) is 15.4. The lowest BCUT2D eigenvalue weighted by molar-refractivity contribution is 0.0827. The van der Waals surface area contributed by atoms with Gasteiger partial charge in [0.25, 0.3) is 5.91 Å². The minimum atomic E-state index is -0.0333. The molecule has 0 heterocycles. The first-order valence-corrected chi connectivity index (χ1v) is 6.88. The van der Waals surface area contributed by atoms with E-state index in [0.29, 0.717) is 17.1 Å². The second-order valence-electron chi connectivity index (χ2n) is 4.90. The topological polar surface area (TPSA) is 52.6 Å². The van der Waals surface area contributed by atoms with E-state index in [0.717, 1.165) is 11.3 Å². The average Bonchev–Trinajstić information content (AvgIpc) is 2.48. The molecule has 21 heavy (non-hydrogen) atoms. The summed E-state index contributed by atoms with van der Waals surface area (Å²) in [4.78, 5) is 13.3. The van der Waals surface area contributed by atoms with Crippen LogP contribution in [-0.4, -0.2) is 30.0 Å². The van der Waals surface area contributed by atoms with Crippen LogP contribution in [0.4, 0.5) is 5.69 Å². The van der Waals surface area contributed by atoms with Gasteiger partial charge in [0.15, 0.2) is 0 Å². The van der Waals surface area contributed by atoms with Crippen molar-refractivity contribution in [1.29, 1.82) is 0 Å². The summed E-state index contributed by atoms with van der Waals surface area (Å²) in [7, 11) is 3.44. The van der Waals surface area contributed by atoms with Gasteiger partial charge in [-0.25, -0.2) is 0 Å². The number of rotatable bonds is 4. The molecule has 0 saturated heterocycles. The Bertz CT molecular complexity index is 639. The average molecular weight is 305 g/mol. The summed E-state index contributed by atoms with van der Waals surface area (Å²) in [6.07, 6.45) is 0. The summed E-state index contributed by atoms with van der Waals surface area (Å²) in [5.74, 6) is 0.167. The molecule has 0 aliphatic heterocycles. The number of phenolic OH excluding ortho intramolecular Hbond substituents is 1. The highest BCUT2D eigenvalue weighted by Gasteiger charge is 2.07. The van der Waals surface area contributed by atoms with E-state index in [-0.39, 0.29) is 11.7 Å². The van der Waals surface area contributed by atoms with Crippen LogP contribution >= 0.6 is 11.6 Å². The molecule has 2 aromatic rings. The second-order valence-corrected chi connectivity index (χ2v) is 5.34. The first-order chi connectivity index (χ1) is 9.97. The minimum absolute atomic E-state index is 0.0333. The number of aromatic hydroxyl groups is 1. The largest absolute Gasteiger partial charge is 0.508 e. The molecule has 0 fully saturated rings. The zero-order valence-electron chi connectivity index (χ0n) is 11.9. The van der Waals surface area contributed by atoms with Gasteiger partial charge in [0.1, 0.15) is 5.75 Å². The van der Waals surface area contributed by atoms with Gasteiger partial charge < -0.3 is 15.3 Å². The molecule has 0 spiro atoms. The number of hydrogen-bond acceptors (Lipinski definition) is 3. The van der Waals surface area contributed by atoms with Crippen molar-refractivity contribution < 1.29 is 9.90 Å². The maximum atomic E-state index is 11.8. The molecule has 2 aromatic carbocycles. The molecule has 0 unspecified atom stereocenters. The number of nitrogens with zero attached hydrogens (tertiary/aromatic N) is 1. The van der Waals surface area contributed by atoms with Gasteiger partial charge in [0, 0.05) is 42.5 Å². The summed E-state index contributed by atoms with van der Waals surface area (Å²) < 4.78 is 0. The van der Waals surface area contributed by atoms with E-state index in [2.05, 4.69) is 5.32 Å². The predicted molar refractivity (Wildman–Crippen MR) is 84.9 cm³/mol. The van der Waals surface area contributed by atoms with Crippen LogP contribution in [0.15, 0.2) is 42.5 Å². The highest BCUT2D eigenvalue weighted by Crippen LogP contribution is 2.22. The highest BCUT2D eigenvalue weighted by atomic mass is 35.5. The van der Waals surface area contributed by atoms with Crippen LogP contribution in [0.3, 0.4) is 0 Å². The Labute approximate surface area is 129 Å². The normalized spacial score (nSPS) is 10.2. The fourth-order valence-electron chi connectivity index (χ4n) is 1.88. The molecule has 110 valence electrons. The fourth-order valence-corrected chi connectivity index (χ4v) is 2.08. The number of benzene rings is 2. The van der Waals surface area contributed by atoms with E-state index in [1.54, 1.807) is 44.4 Å². The molecule has 5 heteroatoms. The monoisotopic (exact) mass is 304 g/mol.